The first-order valence-electron chi connectivity index (χ1n) is 6.28. The van der Waals surface area contributed by atoms with Crippen molar-refractivity contribution in [1.82, 2.24) is 10.6 Å². The Hall–Kier alpha value is -1.00. The lowest BCUT2D eigenvalue weighted by Crippen LogP contribution is -2.35. The van der Waals surface area contributed by atoms with Crippen molar-refractivity contribution in [2.24, 2.45) is 0 Å². The maximum absolute atomic E-state index is 13.7. The van der Waals surface area contributed by atoms with Crippen molar-refractivity contribution in [2.75, 3.05) is 26.7 Å². The summed E-state index contributed by atoms with van der Waals surface area (Å²) >= 11 is 0. The lowest BCUT2D eigenvalue weighted by Gasteiger charge is -2.26. The van der Waals surface area contributed by atoms with Crippen LogP contribution in [0.25, 0.3) is 0 Å². The number of nitrogens with one attached hydrogen (secondary N) is 2. The van der Waals surface area contributed by atoms with Gasteiger partial charge in [-0.15, -0.1) is 0 Å². The Balaban J connectivity index is 2.59. The minimum atomic E-state index is -0.425. The fourth-order valence-electron chi connectivity index (χ4n) is 1.90. The van der Waals surface area contributed by atoms with E-state index in [2.05, 4.69) is 10.6 Å². The van der Waals surface area contributed by atoms with Crippen molar-refractivity contribution >= 4 is 0 Å². The summed E-state index contributed by atoms with van der Waals surface area (Å²) in [6, 6.07) is 3.62. The van der Waals surface area contributed by atoms with Crippen molar-refractivity contribution in [3.63, 3.8) is 0 Å². The van der Waals surface area contributed by atoms with Crippen LogP contribution in [0.15, 0.2) is 18.2 Å². The highest BCUT2D eigenvalue weighted by Crippen LogP contribution is 2.25. The van der Waals surface area contributed by atoms with Gasteiger partial charge in [-0.05, 0) is 50.3 Å². The van der Waals surface area contributed by atoms with Crippen LogP contribution in [0.1, 0.15) is 25.8 Å². The topological polar surface area (TPSA) is 24.1 Å². The lowest BCUT2D eigenvalue weighted by atomic mass is 9.84. The number of benzene rings is 1. The van der Waals surface area contributed by atoms with Gasteiger partial charge in [0.25, 0.3) is 0 Å². The van der Waals surface area contributed by atoms with Crippen LogP contribution in [0.4, 0.5) is 8.78 Å². The van der Waals surface area contributed by atoms with Gasteiger partial charge in [0.05, 0.1) is 0 Å². The Kier molecular flexibility index (Phi) is 5.69. The summed E-state index contributed by atoms with van der Waals surface area (Å²) in [6.45, 7) is 6.26. The third-order valence-corrected chi connectivity index (χ3v) is 3.00. The van der Waals surface area contributed by atoms with Gasteiger partial charge in [0.2, 0.25) is 0 Å². The number of halogens is 2. The molecule has 0 amide bonds. The molecule has 0 fully saturated rings. The summed E-state index contributed by atoms with van der Waals surface area (Å²) in [5.74, 6) is -0.743. The molecule has 0 aliphatic rings. The van der Waals surface area contributed by atoms with Gasteiger partial charge in [0, 0.05) is 12.0 Å². The molecule has 0 saturated carbocycles. The predicted octanol–water partition coefficient (Wildman–Crippen LogP) is 2.44. The highest BCUT2D eigenvalue weighted by molar-refractivity contribution is 5.26. The molecule has 18 heavy (non-hydrogen) atoms. The Bertz CT molecular complexity index is 378. The van der Waals surface area contributed by atoms with Gasteiger partial charge in [0.15, 0.2) is 0 Å². The van der Waals surface area contributed by atoms with E-state index in [0.717, 1.165) is 25.6 Å². The van der Waals surface area contributed by atoms with Crippen LogP contribution < -0.4 is 10.6 Å². The van der Waals surface area contributed by atoms with Crippen molar-refractivity contribution in [1.29, 1.82) is 0 Å². The van der Waals surface area contributed by atoms with Crippen LogP contribution >= 0.6 is 0 Å². The molecule has 0 saturated heterocycles. The fourth-order valence-corrected chi connectivity index (χ4v) is 1.90. The van der Waals surface area contributed by atoms with E-state index in [1.165, 1.54) is 12.1 Å². The monoisotopic (exact) mass is 256 g/mol. The molecule has 4 heteroatoms. The van der Waals surface area contributed by atoms with Crippen molar-refractivity contribution < 1.29 is 8.78 Å². The Morgan fingerprint density at radius 1 is 1.17 bits per heavy atom. The molecule has 2 nitrogen and oxygen atoms in total. The third-order valence-electron chi connectivity index (χ3n) is 3.00. The van der Waals surface area contributed by atoms with E-state index in [0.29, 0.717) is 12.1 Å². The van der Waals surface area contributed by atoms with Crippen LogP contribution in [0.5, 0.6) is 0 Å². The number of rotatable bonds is 7. The molecule has 0 radical (unpaired) electrons. The van der Waals surface area contributed by atoms with E-state index in [1.54, 1.807) is 0 Å². The zero-order valence-electron chi connectivity index (χ0n) is 11.3. The molecular formula is C14H22F2N2. The van der Waals surface area contributed by atoms with Gasteiger partial charge in [-0.2, -0.15) is 0 Å². The van der Waals surface area contributed by atoms with Gasteiger partial charge in [0.1, 0.15) is 11.6 Å². The normalized spacial score (nSPS) is 11.8. The molecule has 0 aromatic heterocycles. The molecule has 0 heterocycles. The number of hydrogen-bond donors (Lipinski definition) is 2. The van der Waals surface area contributed by atoms with Gasteiger partial charge in [-0.3, -0.25) is 0 Å². The average Bonchev–Trinajstić information content (AvgIpc) is 2.32. The Morgan fingerprint density at radius 3 is 2.56 bits per heavy atom. The predicted molar refractivity (Wildman–Crippen MR) is 70.8 cm³/mol. The van der Waals surface area contributed by atoms with Crippen LogP contribution in [0.3, 0.4) is 0 Å². The maximum Gasteiger partial charge on any atom is 0.127 e. The van der Waals surface area contributed by atoms with Gasteiger partial charge in [-0.1, -0.05) is 13.8 Å². The quantitative estimate of drug-likeness (QED) is 0.732. The zero-order chi connectivity index (χ0) is 13.6. The summed E-state index contributed by atoms with van der Waals surface area (Å²) in [5.41, 5.74) is -0.00476. The molecule has 102 valence electrons. The highest BCUT2D eigenvalue weighted by atomic mass is 19.1. The summed E-state index contributed by atoms with van der Waals surface area (Å²) < 4.78 is 26.9. The van der Waals surface area contributed by atoms with Crippen molar-refractivity contribution in [2.45, 2.75) is 25.7 Å². The molecular weight excluding hydrogens is 234 g/mol. The first kappa shape index (κ1) is 15.1. The number of hydrogen-bond acceptors (Lipinski definition) is 2. The van der Waals surface area contributed by atoms with E-state index >= 15 is 0 Å². The standard InChI is InChI=1S/C14H22F2N2/c1-14(2,10-18-8-4-7-17-3)12-9-11(15)5-6-13(12)16/h5-6,9,17-18H,4,7-8,10H2,1-3H3. The smallest absolute Gasteiger partial charge is 0.127 e. The molecule has 1 aromatic rings. The minimum Gasteiger partial charge on any atom is -0.320 e. The third kappa shape index (κ3) is 4.35. The van der Waals surface area contributed by atoms with E-state index in [-0.39, 0.29) is 5.82 Å². The van der Waals surface area contributed by atoms with Crippen molar-refractivity contribution in [3.05, 3.63) is 35.4 Å². The Labute approximate surface area is 108 Å². The van der Waals surface area contributed by atoms with Crippen LogP contribution in [-0.4, -0.2) is 26.7 Å². The molecule has 1 aromatic carbocycles. The highest BCUT2D eigenvalue weighted by Gasteiger charge is 2.24. The maximum atomic E-state index is 13.7. The molecule has 0 unspecified atom stereocenters. The lowest BCUT2D eigenvalue weighted by molar-refractivity contribution is 0.438. The van der Waals surface area contributed by atoms with Gasteiger partial charge < -0.3 is 10.6 Å². The van der Waals surface area contributed by atoms with E-state index in [1.807, 2.05) is 20.9 Å². The first-order chi connectivity index (χ1) is 8.47. The second-order valence-corrected chi connectivity index (χ2v) is 5.14. The van der Waals surface area contributed by atoms with Crippen molar-refractivity contribution in [3.8, 4) is 0 Å². The van der Waals surface area contributed by atoms with E-state index < -0.39 is 11.2 Å². The van der Waals surface area contributed by atoms with Gasteiger partial charge >= 0.3 is 0 Å². The molecule has 0 bridgehead atoms. The Morgan fingerprint density at radius 2 is 1.89 bits per heavy atom. The minimum absolute atomic E-state index is 0.349. The van der Waals surface area contributed by atoms with Crippen LogP contribution in [0.2, 0.25) is 0 Å². The second-order valence-electron chi connectivity index (χ2n) is 5.14. The average molecular weight is 256 g/mol. The molecule has 1 rings (SSSR count). The molecule has 0 spiro atoms. The zero-order valence-corrected chi connectivity index (χ0v) is 11.3. The molecule has 2 N–H and O–H groups in total. The molecule has 0 aliphatic heterocycles. The van der Waals surface area contributed by atoms with E-state index in [9.17, 15) is 8.78 Å². The summed E-state index contributed by atoms with van der Waals surface area (Å²) in [6.07, 6.45) is 1.01. The summed E-state index contributed by atoms with van der Waals surface area (Å²) in [7, 11) is 1.91. The SMILES string of the molecule is CNCCCNCC(C)(C)c1cc(F)ccc1F. The molecule has 0 aliphatic carbocycles. The first-order valence-corrected chi connectivity index (χ1v) is 6.28. The summed E-state index contributed by atoms with van der Waals surface area (Å²) in [4.78, 5) is 0. The second kappa shape index (κ2) is 6.81. The largest absolute Gasteiger partial charge is 0.320 e. The van der Waals surface area contributed by atoms with E-state index in [4.69, 9.17) is 0 Å². The fraction of sp³-hybridized carbons (Fsp3) is 0.571. The van der Waals surface area contributed by atoms with Crippen LogP contribution in [0, 0.1) is 11.6 Å². The van der Waals surface area contributed by atoms with Crippen LogP contribution in [-0.2, 0) is 5.41 Å². The summed E-state index contributed by atoms with van der Waals surface area (Å²) in [5, 5.41) is 6.34. The molecule has 0 atom stereocenters. The van der Waals surface area contributed by atoms with Gasteiger partial charge in [-0.25, -0.2) is 8.78 Å².